The minimum Gasteiger partial charge on any atom is -0.456 e. The van der Waals surface area contributed by atoms with Crippen molar-refractivity contribution in [1.29, 1.82) is 0 Å². The molecule has 11 aromatic rings. The zero-order valence-electron chi connectivity index (χ0n) is 34.1. The lowest BCUT2D eigenvalue weighted by Gasteiger charge is -2.30. The van der Waals surface area contributed by atoms with Gasteiger partial charge in [-0.05, 0) is 120 Å². The summed E-state index contributed by atoms with van der Waals surface area (Å²) in [7, 11) is 0. The maximum Gasteiger partial charge on any atom is 0.136 e. The average molecular weight is 780 g/mol. The summed E-state index contributed by atoms with van der Waals surface area (Å²) < 4.78 is 6.64. The molecular formula is C59H41NO. The molecule has 0 unspecified atom stereocenters. The van der Waals surface area contributed by atoms with Crippen molar-refractivity contribution in [1.82, 2.24) is 0 Å². The maximum atomic E-state index is 6.64. The Labute approximate surface area is 355 Å². The quantitative estimate of drug-likeness (QED) is 0.156. The number of hydrogen-bond acceptors (Lipinski definition) is 2. The number of anilines is 3. The van der Waals surface area contributed by atoms with Gasteiger partial charge in [-0.25, -0.2) is 0 Å². The van der Waals surface area contributed by atoms with Crippen molar-refractivity contribution in [3.8, 4) is 44.5 Å². The molecule has 288 valence electrons. The van der Waals surface area contributed by atoms with Crippen molar-refractivity contribution in [3.05, 3.63) is 223 Å². The molecule has 0 saturated heterocycles. The van der Waals surface area contributed by atoms with Crippen LogP contribution in [0.15, 0.2) is 217 Å². The summed E-state index contributed by atoms with van der Waals surface area (Å²) in [4.78, 5) is 2.47. The van der Waals surface area contributed by atoms with Crippen LogP contribution in [0.5, 0.6) is 0 Å². The molecule has 10 aromatic carbocycles. The summed E-state index contributed by atoms with van der Waals surface area (Å²) in [5.41, 5.74) is 17.2. The minimum absolute atomic E-state index is 0.165. The van der Waals surface area contributed by atoms with Gasteiger partial charge in [0.05, 0.1) is 5.69 Å². The van der Waals surface area contributed by atoms with Gasteiger partial charge in [-0.15, -0.1) is 0 Å². The van der Waals surface area contributed by atoms with Crippen molar-refractivity contribution in [2.45, 2.75) is 19.3 Å². The van der Waals surface area contributed by atoms with Crippen LogP contribution >= 0.6 is 0 Å². The van der Waals surface area contributed by atoms with E-state index in [9.17, 15) is 0 Å². The number of rotatable bonds is 6. The summed E-state index contributed by atoms with van der Waals surface area (Å²) >= 11 is 0. The lowest BCUT2D eigenvalue weighted by Crippen LogP contribution is -2.17. The maximum absolute atomic E-state index is 6.64. The first-order chi connectivity index (χ1) is 30.0. The van der Waals surface area contributed by atoms with Crippen LogP contribution in [0.4, 0.5) is 17.1 Å². The number of furan rings is 1. The van der Waals surface area contributed by atoms with Crippen LogP contribution in [0.25, 0.3) is 88.0 Å². The highest BCUT2D eigenvalue weighted by Crippen LogP contribution is 2.53. The fourth-order valence-electron chi connectivity index (χ4n) is 10.2. The molecule has 0 radical (unpaired) electrons. The highest BCUT2D eigenvalue weighted by atomic mass is 16.3. The van der Waals surface area contributed by atoms with Gasteiger partial charge >= 0.3 is 0 Å². The molecular weight excluding hydrogens is 739 g/mol. The number of nitrogens with zero attached hydrogens (tertiary/aromatic N) is 1. The Morgan fingerprint density at radius 3 is 1.80 bits per heavy atom. The first-order valence-corrected chi connectivity index (χ1v) is 21.2. The monoisotopic (exact) mass is 779 g/mol. The van der Waals surface area contributed by atoms with E-state index in [0.29, 0.717) is 0 Å². The largest absolute Gasteiger partial charge is 0.456 e. The number of benzene rings is 10. The van der Waals surface area contributed by atoms with Gasteiger partial charge in [0, 0.05) is 33.1 Å². The van der Waals surface area contributed by atoms with Crippen molar-refractivity contribution in [2.75, 3.05) is 4.90 Å². The van der Waals surface area contributed by atoms with E-state index in [-0.39, 0.29) is 5.41 Å². The molecule has 1 aliphatic rings. The standard InChI is InChI=1S/C59H41NO/c1-59(2)52-26-14-12-23-47(52)48-33-32-42(37-53(48)59)60(41-30-28-39(29-31-41)51-36-40-18-6-7-20-44(40)45-21-9-10-22-46(45)51)54-34-35-56-58(50-25-13-15-27-55(50)61-56)57(54)49-24-11-8-19-43(49)38-16-4-3-5-17-38/h3-37H,1-2H3. The Bertz CT molecular complexity index is 3500. The second-order valence-corrected chi connectivity index (χ2v) is 16.8. The molecule has 0 N–H and O–H groups in total. The van der Waals surface area contributed by atoms with E-state index in [4.69, 9.17) is 4.42 Å². The van der Waals surface area contributed by atoms with Gasteiger partial charge in [-0.2, -0.15) is 0 Å². The van der Waals surface area contributed by atoms with Crippen LogP contribution < -0.4 is 4.90 Å². The number of para-hydroxylation sites is 1. The van der Waals surface area contributed by atoms with E-state index in [2.05, 4.69) is 231 Å². The summed E-state index contributed by atoms with van der Waals surface area (Å²) in [5.74, 6) is 0. The van der Waals surface area contributed by atoms with Crippen LogP contribution in [-0.2, 0) is 5.41 Å². The molecule has 1 aliphatic carbocycles. The minimum atomic E-state index is -0.165. The van der Waals surface area contributed by atoms with Crippen molar-refractivity contribution in [2.24, 2.45) is 0 Å². The van der Waals surface area contributed by atoms with E-state index >= 15 is 0 Å². The third-order valence-corrected chi connectivity index (χ3v) is 13.1. The van der Waals surface area contributed by atoms with E-state index in [1.807, 2.05) is 0 Å². The third-order valence-electron chi connectivity index (χ3n) is 13.1. The fraction of sp³-hybridized carbons (Fsp3) is 0.0508. The number of hydrogen-bond donors (Lipinski definition) is 0. The van der Waals surface area contributed by atoms with E-state index < -0.39 is 0 Å². The molecule has 2 nitrogen and oxygen atoms in total. The van der Waals surface area contributed by atoms with Gasteiger partial charge < -0.3 is 9.32 Å². The smallest absolute Gasteiger partial charge is 0.136 e. The van der Waals surface area contributed by atoms with Crippen LogP contribution in [0.1, 0.15) is 25.0 Å². The molecule has 0 amide bonds. The number of fused-ring (bicyclic) bond motifs is 9. The fourth-order valence-corrected chi connectivity index (χ4v) is 10.2. The summed E-state index contributed by atoms with van der Waals surface area (Å²) in [6.45, 7) is 4.72. The second kappa shape index (κ2) is 13.7. The SMILES string of the molecule is CC1(C)c2ccccc2-c2ccc(N(c3ccc(-c4cc5ccccc5c5ccccc45)cc3)c3ccc4oc5ccccc5c4c3-c3ccccc3-c3ccccc3)cc21. The van der Waals surface area contributed by atoms with Crippen LogP contribution in [-0.4, -0.2) is 0 Å². The van der Waals surface area contributed by atoms with E-state index in [1.54, 1.807) is 0 Å². The Balaban J connectivity index is 1.13. The van der Waals surface area contributed by atoms with Gasteiger partial charge in [0.2, 0.25) is 0 Å². The summed E-state index contributed by atoms with van der Waals surface area (Å²) in [6, 6.07) is 77.5. The third kappa shape index (κ3) is 5.49. The van der Waals surface area contributed by atoms with Gasteiger partial charge in [0.25, 0.3) is 0 Å². The summed E-state index contributed by atoms with van der Waals surface area (Å²) in [6.07, 6.45) is 0. The predicted octanol–water partition coefficient (Wildman–Crippen LogP) is 16.7. The van der Waals surface area contributed by atoms with E-state index in [0.717, 1.165) is 50.1 Å². The van der Waals surface area contributed by atoms with Gasteiger partial charge in [-0.1, -0.05) is 178 Å². The summed E-state index contributed by atoms with van der Waals surface area (Å²) in [5, 5.41) is 7.24. The molecule has 1 heterocycles. The van der Waals surface area contributed by atoms with E-state index in [1.165, 1.54) is 66.1 Å². The van der Waals surface area contributed by atoms with Crippen LogP contribution in [0, 0.1) is 0 Å². The van der Waals surface area contributed by atoms with Crippen molar-refractivity contribution in [3.63, 3.8) is 0 Å². The molecule has 0 aliphatic heterocycles. The van der Waals surface area contributed by atoms with Crippen LogP contribution in [0.2, 0.25) is 0 Å². The molecule has 0 atom stereocenters. The molecule has 0 spiro atoms. The molecule has 0 bridgehead atoms. The molecule has 61 heavy (non-hydrogen) atoms. The Hall–Kier alpha value is -7.68. The zero-order chi connectivity index (χ0) is 40.7. The van der Waals surface area contributed by atoms with Crippen molar-refractivity contribution < 1.29 is 4.42 Å². The lowest BCUT2D eigenvalue weighted by molar-refractivity contribution is 0.660. The first kappa shape index (κ1) is 35.3. The Kier molecular flexibility index (Phi) is 7.92. The Morgan fingerprint density at radius 1 is 0.377 bits per heavy atom. The van der Waals surface area contributed by atoms with Crippen molar-refractivity contribution >= 4 is 60.5 Å². The lowest BCUT2D eigenvalue weighted by atomic mass is 9.82. The highest BCUT2D eigenvalue weighted by molar-refractivity contribution is 6.18. The molecule has 1 aromatic heterocycles. The van der Waals surface area contributed by atoms with Crippen LogP contribution in [0.3, 0.4) is 0 Å². The highest BCUT2D eigenvalue weighted by Gasteiger charge is 2.36. The first-order valence-electron chi connectivity index (χ1n) is 21.2. The normalized spacial score (nSPS) is 12.9. The molecule has 2 heteroatoms. The van der Waals surface area contributed by atoms with Gasteiger partial charge in [0.1, 0.15) is 11.2 Å². The predicted molar refractivity (Wildman–Crippen MR) is 257 cm³/mol. The van der Waals surface area contributed by atoms with Gasteiger partial charge in [-0.3, -0.25) is 0 Å². The molecule has 12 rings (SSSR count). The second-order valence-electron chi connectivity index (χ2n) is 16.8. The zero-order valence-corrected chi connectivity index (χ0v) is 34.1. The van der Waals surface area contributed by atoms with Gasteiger partial charge in [0.15, 0.2) is 0 Å². The topological polar surface area (TPSA) is 16.4 Å². The molecule has 0 fully saturated rings. The Morgan fingerprint density at radius 2 is 0.984 bits per heavy atom. The average Bonchev–Trinajstić information content (AvgIpc) is 3.81. The molecule has 0 saturated carbocycles.